The van der Waals surface area contributed by atoms with Crippen molar-refractivity contribution < 1.29 is 9.53 Å². The Labute approximate surface area is 121 Å². The summed E-state index contributed by atoms with van der Waals surface area (Å²) in [5.74, 6) is 0. The highest BCUT2D eigenvalue weighted by molar-refractivity contribution is 5.67. The molecule has 0 saturated heterocycles. The van der Waals surface area contributed by atoms with Gasteiger partial charge in [0.2, 0.25) is 0 Å². The molecule has 2 rings (SSSR count). The van der Waals surface area contributed by atoms with Gasteiger partial charge in [-0.25, -0.2) is 4.79 Å². The smallest absolute Gasteiger partial charge is 0.407 e. The van der Waals surface area contributed by atoms with Gasteiger partial charge >= 0.3 is 6.09 Å². The summed E-state index contributed by atoms with van der Waals surface area (Å²) in [6.45, 7) is 0.333. The van der Waals surface area contributed by atoms with Gasteiger partial charge in [0.15, 0.2) is 0 Å². The van der Waals surface area contributed by atoms with Crippen molar-refractivity contribution in [3.8, 4) is 0 Å². The van der Waals surface area contributed by atoms with E-state index in [-0.39, 0.29) is 12.1 Å². The quantitative estimate of drug-likeness (QED) is 0.919. The maximum absolute atomic E-state index is 11.8. The second-order valence-corrected chi connectivity index (χ2v) is 5.68. The first-order chi connectivity index (χ1) is 9.65. The van der Waals surface area contributed by atoms with Gasteiger partial charge in [0.25, 0.3) is 0 Å². The molecule has 1 aromatic carbocycles. The molecule has 1 aliphatic rings. The van der Waals surface area contributed by atoms with Crippen molar-refractivity contribution in [3.63, 3.8) is 0 Å². The summed E-state index contributed by atoms with van der Waals surface area (Å²) < 4.78 is 5.24. The average Bonchev–Trinajstić information content (AvgIpc) is 2.47. The molecule has 1 saturated carbocycles. The second kappa shape index (κ2) is 7.29. The van der Waals surface area contributed by atoms with Crippen LogP contribution in [0.25, 0.3) is 0 Å². The molecule has 0 spiro atoms. The number of hydrogen-bond acceptors (Lipinski definition) is 3. The number of nitrogens with one attached hydrogen (secondary N) is 1. The highest BCUT2D eigenvalue weighted by atomic mass is 16.5. The van der Waals surface area contributed by atoms with Crippen LogP contribution in [0.15, 0.2) is 30.3 Å². The molecule has 4 nitrogen and oxygen atoms in total. The van der Waals surface area contributed by atoms with Gasteiger partial charge in [0.05, 0.1) is 0 Å². The Hall–Kier alpha value is -1.55. The first-order valence-corrected chi connectivity index (χ1v) is 7.29. The number of benzene rings is 1. The van der Waals surface area contributed by atoms with Crippen molar-refractivity contribution >= 4 is 6.09 Å². The highest BCUT2D eigenvalue weighted by Crippen LogP contribution is 2.21. The van der Waals surface area contributed by atoms with Crippen molar-refractivity contribution in [1.82, 2.24) is 10.2 Å². The molecule has 20 heavy (non-hydrogen) atoms. The van der Waals surface area contributed by atoms with Gasteiger partial charge < -0.3 is 15.0 Å². The number of nitrogens with zero attached hydrogens (tertiary/aromatic N) is 1. The summed E-state index contributed by atoms with van der Waals surface area (Å²) in [6, 6.07) is 10.7. The minimum atomic E-state index is -0.304. The molecule has 1 N–H and O–H groups in total. The molecule has 0 aromatic heterocycles. The first-order valence-electron chi connectivity index (χ1n) is 7.29. The molecule has 110 valence electrons. The summed E-state index contributed by atoms with van der Waals surface area (Å²) in [7, 11) is 4.24. The lowest BCUT2D eigenvalue weighted by atomic mass is 9.91. The first kappa shape index (κ1) is 14.9. The largest absolute Gasteiger partial charge is 0.445 e. The van der Waals surface area contributed by atoms with E-state index in [1.807, 2.05) is 30.3 Å². The average molecular weight is 276 g/mol. The van der Waals surface area contributed by atoms with Gasteiger partial charge in [0, 0.05) is 12.1 Å². The fourth-order valence-electron chi connectivity index (χ4n) is 2.67. The van der Waals surface area contributed by atoms with Crippen LogP contribution in [-0.2, 0) is 11.3 Å². The third-order valence-electron chi connectivity index (χ3n) is 3.96. The number of ether oxygens (including phenoxy) is 1. The minimum absolute atomic E-state index is 0.259. The van der Waals surface area contributed by atoms with Crippen LogP contribution in [0.4, 0.5) is 4.79 Å². The molecular formula is C16H24N2O2. The number of hydrogen-bond donors (Lipinski definition) is 1. The third kappa shape index (κ3) is 4.53. The molecule has 1 amide bonds. The SMILES string of the molecule is CN(C)C1CCC(NC(=O)OCc2ccccc2)CC1. The van der Waals surface area contributed by atoms with E-state index in [0.29, 0.717) is 12.6 Å². The lowest BCUT2D eigenvalue weighted by molar-refractivity contribution is 0.128. The predicted octanol–water partition coefficient (Wildman–Crippen LogP) is 2.79. The molecule has 0 radical (unpaired) electrons. The Morgan fingerprint density at radius 3 is 2.45 bits per heavy atom. The standard InChI is InChI=1S/C16H24N2O2/c1-18(2)15-10-8-14(9-11-15)17-16(19)20-12-13-6-4-3-5-7-13/h3-7,14-15H,8-12H2,1-2H3,(H,17,19). The van der Waals surface area contributed by atoms with E-state index in [1.54, 1.807) is 0 Å². The number of rotatable bonds is 4. The summed E-state index contributed by atoms with van der Waals surface area (Å²) in [5, 5.41) is 2.97. The monoisotopic (exact) mass is 276 g/mol. The second-order valence-electron chi connectivity index (χ2n) is 5.68. The zero-order valence-corrected chi connectivity index (χ0v) is 12.3. The van der Waals surface area contributed by atoms with Crippen LogP contribution < -0.4 is 5.32 Å². The maximum Gasteiger partial charge on any atom is 0.407 e. The molecule has 1 aromatic rings. The summed E-state index contributed by atoms with van der Waals surface area (Å²) in [4.78, 5) is 14.0. The van der Waals surface area contributed by atoms with Gasteiger partial charge in [0.1, 0.15) is 6.61 Å². The van der Waals surface area contributed by atoms with Crippen LogP contribution in [0.5, 0.6) is 0 Å². The topological polar surface area (TPSA) is 41.6 Å². The number of carbonyl (C=O) groups excluding carboxylic acids is 1. The van der Waals surface area contributed by atoms with E-state index in [1.165, 1.54) is 0 Å². The van der Waals surface area contributed by atoms with Crippen molar-refractivity contribution in [1.29, 1.82) is 0 Å². The van der Waals surface area contributed by atoms with Crippen molar-refractivity contribution in [2.75, 3.05) is 14.1 Å². The van der Waals surface area contributed by atoms with Gasteiger partial charge in [-0.3, -0.25) is 0 Å². The van der Waals surface area contributed by atoms with Crippen molar-refractivity contribution in [3.05, 3.63) is 35.9 Å². The molecule has 0 heterocycles. The van der Waals surface area contributed by atoms with Crippen molar-refractivity contribution in [2.45, 2.75) is 44.4 Å². The van der Waals surface area contributed by atoms with E-state index in [2.05, 4.69) is 24.3 Å². The maximum atomic E-state index is 11.8. The van der Waals surface area contributed by atoms with Gasteiger partial charge in [-0.1, -0.05) is 30.3 Å². The van der Waals surface area contributed by atoms with E-state index in [9.17, 15) is 4.79 Å². The van der Waals surface area contributed by atoms with Crippen LogP contribution in [0.1, 0.15) is 31.2 Å². The predicted molar refractivity (Wildman–Crippen MR) is 79.5 cm³/mol. The fraction of sp³-hybridized carbons (Fsp3) is 0.562. The zero-order chi connectivity index (χ0) is 14.4. The molecule has 4 heteroatoms. The minimum Gasteiger partial charge on any atom is -0.445 e. The lowest BCUT2D eigenvalue weighted by Gasteiger charge is -2.32. The molecule has 1 fully saturated rings. The molecule has 0 bridgehead atoms. The lowest BCUT2D eigenvalue weighted by Crippen LogP contribution is -2.41. The number of alkyl carbamates (subject to hydrolysis) is 1. The number of carbonyl (C=O) groups is 1. The Morgan fingerprint density at radius 1 is 1.20 bits per heavy atom. The van der Waals surface area contributed by atoms with E-state index in [4.69, 9.17) is 4.74 Å². The summed E-state index contributed by atoms with van der Waals surface area (Å²) in [6.07, 6.45) is 4.03. The normalized spacial score (nSPS) is 22.6. The molecular weight excluding hydrogens is 252 g/mol. The van der Waals surface area contributed by atoms with Crippen LogP contribution in [0.3, 0.4) is 0 Å². The van der Waals surface area contributed by atoms with E-state index >= 15 is 0 Å². The third-order valence-corrected chi connectivity index (χ3v) is 3.96. The Kier molecular flexibility index (Phi) is 5.41. The molecule has 1 aliphatic carbocycles. The van der Waals surface area contributed by atoms with Crippen molar-refractivity contribution in [2.24, 2.45) is 0 Å². The van der Waals surface area contributed by atoms with Crippen LogP contribution in [0.2, 0.25) is 0 Å². The summed E-state index contributed by atoms with van der Waals surface area (Å²) in [5.41, 5.74) is 1.01. The van der Waals surface area contributed by atoms with Gasteiger partial charge in [-0.15, -0.1) is 0 Å². The van der Waals surface area contributed by atoms with Gasteiger partial charge in [-0.05, 0) is 45.3 Å². The van der Waals surface area contributed by atoms with Crippen LogP contribution in [-0.4, -0.2) is 37.2 Å². The Bertz CT molecular complexity index is 412. The molecule has 0 unspecified atom stereocenters. The zero-order valence-electron chi connectivity index (χ0n) is 12.3. The van der Waals surface area contributed by atoms with Crippen LogP contribution in [0, 0.1) is 0 Å². The Morgan fingerprint density at radius 2 is 1.85 bits per heavy atom. The molecule has 0 atom stereocenters. The Balaban J connectivity index is 1.68. The number of amides is 1. The van der Waals surface area contributed by atoms with Gasteiger partial charge in [-0.2, -0.15) is 0 Å². The van der Waals surface area contributed by atoms with E-state index < -0.39 is 0 Å². The van der Waals surface area contributed by atoms with E-state index in [0.717, 1.165) is 31.2 Å². The highest BCUT2D eigenvalue weighted by Gasteiger charge is 2.23. The fourth-order valence-corrected chi connectivity index (χ4v) is 2.67. The molecule has 0 aliphatic heterocycles. The summed E-state index contributed by atoms with van der Waals surface area (Å²) >= 11 is 0. The van der Waals surface area contributed by atoms with Crippen LogP contribution >= 0.6 is 0 Å².